The van der Waals surface area contributed by atoms with E-state index in [1.807, 2.05) is 6.07 Å². The van der Waals surface area contributed by atoms with E-state index in [9.17, 15) is 4.39 Å². The molecule has 2 aromatic carbocycles. The molecule has 0 saturated carbocycles. The zero-order valence-corrected chi connectivity index (χ0v) is 11.7. The van der Waals surface area contributed by atoms with Crippen LogP contribution in [0.2, 0.25) is 0 Å². The number of halogens is 1. The minimum atomic E-state index is -0.214. The normalized spacial score (nSPS) is 11.4. The molecule has 1 N–H and O–H groups in total. The van der Waals surface area contributed by atoms with Crippen LogP contribution < -0.4 is 5.32 Å². The molecule has 0 saturated heterocycles. The van der Waals surface area contributed by atoms with Gasteiger partial charge >= 0.3 is 0 Å². The van der Waals surface area contributed by atoms with Crippen molar-refractivity contribution in [3.63, 3.8) is 0 Å². The van der Waals surface area contributed by atoms with Crippen LogP contribution in [0.25, 0.3) is 0 Å². The maximum absolute atomic E-state index is 13.5. The summed E-state index contributed by atoms with van der Waals surface area (Å²) in [6, 6.07) is 15.2. The fraction of sp³-hybridized carbons (Fsp3) is 0.294. The number of rotatable bonds is 3. The second-order valence-corrected chi connectivity index (χ2v) is 5.78. The van der Waals surface area contributed by atoms with Crippen LogP contribution in [0.15, 0.2) is 48.5 Å². The van der Waals surface area contributed by atoms with Crippen LogP contribution in [0.5, 0.6) is 0 Å². The summed E-state index contributed by atoms with van der Waals surface area (Å²) in [6.07, 6.45) is 0. The monoisotopic (exact) mass is 257 g/mol. The molecule has 0 aromatic heterocycles. The average Bonchev–Trinajstić information content (AvgIpc) is 2.37. The number of hydrogen-bond donors (Lipinski definition) is 1. The third kappa shape index (κ3) is 3.57. The first-order valence-corrected chi connectivity index (χ1v) is 6.54. The van der Waals surface area contributed by atoms with Crippen LogP contribution in [0, 0.1) is 5.82 Å². The summed E-state index contributed by atoms with van der Waals surface area (Å²) < 4.78 is 13.5. The highest BCUT2D eigenvalue weighted by atomic mass is 19.1. The van der Waals surface area contributed by atoms with Gasteiger partial charge in [-0.05, 0) is 28.7 Å². The van der Waals surface area contributed by atoms with Gasteiger partial charge in [-0.2, -0.15) is 0 Å². The first-order valence-electron chi connectivity index (χ1n) is 6.54. The lowest BCUT2D eigenvalue weighted by atomic mass is 9.87. The van der Waals surface area contributed by atoms with Gasteiger partial charge in [0, 0.05) is 6.54 Å². The first-order chi connectivity index (χ1) is 8.97. The first kappa shape index (κ1) is 13.6. The van der Waals surface area contributed by atoms with Gasteiger partial charge in [0.25, 0.3) is 0 Å². The Morgan fingerprint density at radius 2 is 1.58 bits per heavy atom. The molecule has 2 rings (SSSR count). The Hall–Kier alpha value is -1.83. The summed E-state index contributed by atoms with van der Waals surface area (Å²) in [5.74, 6) is -0.214. The topological polar surface area (TPSA) is 12.0 Å². The zero-order chi connectivity index (χ0) is 13.9. The van der Waals surface area contributed by atoms with Crippen LogP contribution >= 0.6 is 0 Å². The predicted molar refractivity (Wildman–Crippen MR) is 78.9 cm³/mol. The van der Waals surface area contributed by atoms with Crippen LogP contribution in [0.3, 0.4) is 0 Å². The van der Waals surface area contributed by atoms with E-state index in [0.717, 1.165) is 5.56 Å². The maximum Gasteiger partial charge on any atom is 0.146 e. The molecule has 0 radical (unpaired) electrons. The Bertz CT molecular complexity index is 538. The summed E-state index contributed by atoms with van der Waals surface area (Å²) in [6.45, 7) is 7.21. The molecule has 0 aliphatic rings. The summed E-state index contributed by atoms with van der Waals surface area (Å²) >= 11 is 0. The number of hydrogen-bond acceptors (Lipinski definition) is 1. The van der Waals surface area contributed by atoms with Gasteiger partial charge in [-0.3, -0.25) is 0 Å². The molecule has 0 atom stereocenters. The Kier molecular flexibility index (Phi) is 3.89. The molecule has 1 nitrogen and oxygen atoms in total. The van der Waals surface area contributed by atoms with Gasteiger partial charge in [-0.1, -0.05) is 57.2 Å². The largest absolute Gasteiger partial charge is 0.379 e. The van der Waals surface area contributed by atoms with Crippen molar-refractivity contribution in [2.45, 2.75) is 32.7 Å². The fourth-order valence-corrected chi connectivity index (χ4v) is 1.92. The van der Waals surface area contributed by atoms with Gasteiger partial charge in [0.05, 0.1) is 5.69 Å². The fourth-order valence-electron chi connectivity index (χ4n) is 1.92. The van der Waals surface area contributed by atoms with E-state index in [-0.39, 0.29) is 11.2 Å². The second-order valence-electron chi connectivity index (χ2n) is 5.78. The van der Waals surface area contributed by atoms with Crippen LogP contribution in [-0.4, -0.2) is 0 Å². The highest BCUT2D eigenvalue weighted by Gasteiger charge is 2.12. The summed E-state index contributed by atoms with van der Waals surface area (Å²) in [5.41, 5.74) is 3.16. The van der Waals surface area contributed by atoms with E-state index in [1.165, 1.54) is 11.6 Å². The van der Waals surface area contributed by atoms with E-state index in [0.29, 0.717) is 12.2 Å². The standard InChI is InChI=1S/C17H20FN/c1-17(2,3)14-10-8-13(9-11-14)12-19-16-7-5-4-6-15(16)18/h4-11,19H,12H2,1-3H3. The number of para-hydroxylation sites is 1. The molecule has 0 fully saturated rings. The second kappa shape index (κ2) is 5.43. The molecular formula is C17H20FN. The summed E-state index contributed by atoms with van der Waals surface area (Å²) in [5, 5.41) is 3.11. The van der Waals surface area contributed by atoms with Crippen molar-refractivity contribution >= 4 is 5.69 Å². The van der Waals surface area contributed by atoms with E-state index in [1.54, 1.807) is 12.1 Å². The highest BCUT2D eigenvalue weighted by Crippen LogP contribution is 2.22. The maximum atomic E-state index is 13.5. The zero-order valence-electron chi connectivity index (χ0n) is 11.7. The third-order valence-electron chi connectivity index (χ3n) is 3.18. The molecule has 2 heteroatoms. The van der Waals surface area contributed by atoms with Gasteiger partial charge in [0.15, 0.2) is 0 Å². The van der Waals surface area contributed by atoms with Gasteiger partial charge < -0.3 is 5.32 Å². The predicted octanol–water partition coefficient (Wildman–Crippen LogP) is 4.74. The molecule has 0 amide bonds. The molecular weight excluding hydrogens is 237 g/mol. The Labute approximate surface area is 114 Å². The van der Waals surface area contributed by atoms with Crippen molar-refractivity contribution in [1.29, 1.82) is 0 Å². The van der Waals surface area contributed by atoms with Crippen molar-refractivity contribution in [3.8, 4) is 0 Å². The highest BCUT2D eigenvalue weighted by molar-refractivity contribution is 5.45. The minimum Gasteiger partial charge on any atom is -0.379 e. The van der Waals surface area contributed by atoms with Crippen molar-refractivity contribution in [2.75, 3.05) is 5.32 Å². The van der Waals surface area contributed by atoms with Gasteiger partial charge in [0.2, 0.25) is 0 Å². The number of anilines is 1. The van der Waals surface area contributed by atoms with Crippen LogP contribution in [0.1, 0.15) is 31.9 Å². The summed E-state index contributed by atoms with van der Waals surface area (Å²) in [7, 11) is 0. The van der Waals surface area contributed by atoms with Crippen molar-refractivity contribution in [3.05, 3.63) is 65.5 Å². The molecule has 0 aliphatic carbocycles. The third-order valence-corrected chi connectivity index (χ3v) is 3.18. The van der Waals surface area contributed by atoms with Gasteiger partial charge in [0.1, 0.15) is 5.82 Å². The van der Waals surface area contributed by atoms with Crippen LogP contribution in [0.4, 0.5) is 10.1 Å². The average molecular weight is 257 g/mol. The molecule has 0 unspecified atom stereocenters. The van der Waals surface area contributed by atoms with E-state index < -0.39 is 0 Å². The lowest BCUT2D eigenvalue weighted by Gasteiger charge is -2.19. The lowest BCUT2D eigenvalue weighted by molar-refractivity contribution is 0.590. The molecule has 0 heterocycles. The van der Waals surface area contributed by atoms with Gasteiger partial charge in [-0.15, -0.1) is 0 Å². The Morgan fingerprint density at radius 1 is 0.947 bits per heavy atom. The Morgan fingerprint density at radius 3 is 2.16 bits per heavy atom. The molecule has 100 valence electrons. The smallest absolute Gasteiger partial charge is 0.146 e. The molecule has 2 aromatic rings. The van der Waals surface area contributed by atoms with Crippen LogP contribution in [-0.2, 0) is 12.0 Å². The molecule has 0 bridgehead atoms. The van der Waals surface area contributed by atoms with E-state index >= 15 is 0 Å². The number of nitrogens with one attached hydrogen (secondary N) is 1. The minimum absolute atomic E-state index is 0.164. The molecule has 0 aliphatic heterocycles. The lowest BCUT2D eigenvalue weighted by Crippen LogP contribution is -2.11. The number of benzene rings is 2. The summed E-state index contributed by atoms with van der Waals surface area (Å²) in [4.78, 5) is 0. The Balaban J connectivity index is 2.03. The quantitative estimate of drug-likeness (QED) is 0.837. The molecule has 0 spiro atoms. The van der Waals surface area contributed by atoms with Crippen molar-refractivity contribution < 1.29 is 4.39 Å². The van der Waals surface area contributed by atoms with E-state index in [2.05, 4.69) is 50.4 Å². The SMILES string of the molecule is CC(C)(C)c1ccc(CNc2ccccc2F)cc1. The van der Waals surface area contributed by atoms with E-state index in [4.69, 9.17) is 0 Å². The van der Waals surface area contributed by atoms with Gasteiger partial charge in [-0.25, -0.2) is 4.39 Å². The van der Waals surface area contributed by atoms with Crippen molar-refractivity contribution in [1.82, 2.24) is 0 Å². The van der Waals surface area contributed by atoms with Crippen molar-refractivity contribution in [2.24, 2.45) is 0 Å². The molecule has 19 heavy (non-hydrogen) atoms.